The minimum Gasteiger partial charge on any atom is -0.265 e. The summed E-state index contributed by atoms with van der Waals surface area (Å²) in [5.74, 6) is 1.81. The molecule has 1 heteroatoms. The second-order valence-electron chi connectivity index (χ2n) is 4.93. The van der Waals surface area contributed by atoms with E-state index in [-0.39, 0.29) is 0 Å². The van der Waals surface area contributed by atoms with Crippen LogP contribution in [0.3, 0.4) is 0 Å². The van der Waals surface area contributed by atoms with Crippen molar-refractivity contribution in [3.8, 4) is 0 Å². The molecule has 1 aliphatic rings. The second-order valence-corrected chi connectivity index (χ2v) is 4.93. The quantitative estimate of drug-likeness (QED) is 0.727. The van der Waals surface area contributed by atoms with Crippen molar-refractivity contribution in [2.75, 3.05) is 0 Å². The maximum Gasteiger partial charge on any atom is 0.0270 e. The van der Waals surface area contributed by atoms with Crippen LogP contribution in [0.15, 0.2) is 24.5 Å². The van der Waals surface area contributed by atoms with E-state index in [9.17, 15) is 0 Å². The van der Waals surface area contributed by atoms with E-state index in [1.807, 2.05) is 12.4 Å². The fourth-order valence-electron chi connectivity index (χ4n) is 2.76. The molecule has 0 N–H and O–H groups in total. The van der Waals surface area contributed by atoms with Gasteiger partial charge in [-0.15, -0.1) is 0 Å². The Kier molecular flexibility index (Phi) is 3.76. The Hall–Kier alpha value is -0.850. The predicted octanol–water partition coefficient (Wildman–Crippen LogP) is 3.84. The zero-order valence-electron chi connectivity index (χ0n) is 9.65. The summed E-state index contributed by atoms with van der Waals surface area (Å²) >= 11 is 0. The second kappa shape index (κ2) is 5.29. The van der Waals surface area contributed by atoms with E-state index in [1.54, 1.807) is 0 Å². The van der Waals surface area contributed by atoms with Crippen LogP contribution in [0.4, 0.5) is 0 Å². The maximum absolute atomic E-state index is 4.07. The summed E-state index contributed by atoms with van der Waals surface area (Å²) in [6, 6.07) is 4.30. The van der Waals surface area contributed by atoms with E-state index < -0.39 is 0 Å². The fourth-order valence-corrected chi connectivity index (χ4v) is 2.76. The third-order valence-electron chi connectivity index (χ3n) is 3.76. The van der Waals surface area contributed by atoms with Gasteiger partial charge in [-0.3, -0.25) is 4.98 Å². The lowest BCUT2D eigenvalue weighted by atomic mass is 9.78. The van der Waals surface area contributed by atoms with Crippen molar-refractivity contribution in [2.24, 2.45) is 11.8 Å². The Labute approximate surface area is 92.9 Å². The van der Waals surface area contributed by atoms with Crippen molar-refractivity contribution in [1.29, 1.82) is 0 Å². The van der Waals surface area contributed by atoms with Gasteiger partial charge in [0.1, 0.15) is 0 Å². The van der Waals surface area contributed by atoms with Gasteiger partial charge in [-0.05, 0) is 36.0 Å². The molecule has 1 fully saturated rings. The summed E-state index contributed by atoms with van der Waals surface area (Å²) < 4.78 is 0. The first-order valence-electron chi connectivity index (χ1n) is 6.25. The Balaban J connectivity index is 1.88. The van der Waals surface area contributed by atoms with Crippen LogP contribution in [0.25, 0.3) is 0 Å². The maximum atomic E-state index is 4.07. The average Bonchev–Trinajstić information content (AvgIpc) is 2.31. The Morgan fingerprint density at radius 1 is 1.20 bits per heavy atom. The molecular weight excluding hydrogens is 182 g/mol. The third kappa shape index (κ3) is 3.05. The first-order chi connectivity index (χ1) is 7.36. The summed E-state index contributed by atoms with van der Waals surface area (Å²) in [6.07, 6.45) is 12.3. The lowest BCUT2D eigenvalue weighted by molar-refractivity contribution is 0.262. The minimum atomic E-state index is 0.840. The van der Waals surface area contributed by atoms with E-state index in [0.717, 1.165) is 11.8 Å². The number of hydrogen-bond acceptors (Lipinski definition) is 1. The van der Waals surface area contributed by atoms with E-state index in [0.29, 0.717) is 0 Å². The summed E-state index contributed by atoms with van der Waals surface area (Å²) in [6.45, 7) is 2.41. The molecule has 0 spiro atoms. The topological polar surface area (TPSA) is 12.9 Å². The monoisotopic (exact) mass is 203 g/mol. The van der Waals surface area contributed by atoms with Gasteiger partial charge in [-0.2, -0.15) is 0 Å². The first kappa shape index (κ1) is 10.7. The lowest BCUT2D eigenvalue weighted by Crippen LogP contribution is -2.17. The molecule has 1 atom stereocenters. The van der Waals surface area contributed by atoms with Crippen molar-refractivity contribution in [2.45, 2.75) is 45.4 Å². The SMILES string of the molecule is CC(Cc1ccncc1)C1CCCCC1. The Morgan fingerprint density at radius 2 is 1.87 bits per heavy atom. The van der Waals surface area contributed by atoms with Crippen LogP contribution in [0.2, 0.25) is 0 Å². The van der Waals surface area contributed by atoms with Gasteiger partial charge in [-0.25, -0.2) is 0 Å². The van der Waals surface area contributed by atoms with Crippen molar-refractivity contribution in [3.63, 3.8) is 0 Å². The van der Waals surface area contributed by atoms with Gasteiger partial charge in [-0.1, -0.05) is 39.0 Å². The number of hydrogen-bond donors (Lipinski definition) is 0. The smallest absolute Gasteiger partial charge is 0.0270 e. The molecule has 15 heavy (non-hydrogen) atoms. The van der Waals surface area contributed by atoms with Crippen molar-refractivity contribution < 1.29 is 0 Å². The molecule has 0 amide bonds. The van der Waals surface area contributed by atoms with Crippen LogP contribution < -0.4 is 0 Å². The third-order valence-corrected chi connectivity index (χ3v) is 3.76. The van der Waals surface area contributed by atoms with Gasteiger partial charge in [0.25, 0.3) is 0 Å². The van der Waals surface area contributed by atoms with Crippen LogP contribution in [0, 0.1) is 11.8 Å². The molecule has 1 nitrogen and oxygen atoms in total. The Morgan fingerprint density at radius 3 is 2.53 bits per heavy atom. The molecular formula is C14H21N. The molecule has 1 unspecified atom stereocenters. The summed E-state index contributed by atoms with van der Waals surface area (Å²) in [5, 5.41) is 0. The zero-order valence-corrected chi connectivity index (χ0v) is 9.65. The van der Waals surface area contributed by atoms with Crippen LogP contribution in [-0.4, -0.2) is 4.98 Å². The molecule has 0 aliphatic heterocycles. The minimum absolute atomic E-state index is 0.840. The van der Waals surface area contributed by atoms with Crippen LogP contribution >= 0.6 is 0 Å². The number of rotatable bonds is 3. The highest BCUT2D eigenvalue weighted by Gasteiger charge is 2.19. The molecule has 1 heterocycles. The first-order valence-corrected chi connectivity index (χ1v) is 6.25. The normalized spacial score (nSPS) is 20.1. The number of aromatic nitrogens is 1. The summed E-state index contributed by atoms with van der Waals surface area (Å²) in [7, 11) is 0. The molecule has 0 saturated heterocycles. The summed E-state index contributed by atoms with van der Waals surface area (Å²) in [4.78, 5) is 4.07. The van der Waals surface area contributed by atoms with Gasteiger partial charge in [0.2, 0.25) is 0 Å². The number of nitrogens with zero attached hydrogens (tertiary/aromatic N) is 1. The largest absolute Gasteiger partial charge is 0.265 e. The zero-order chi connectivity index (χ0) is 10.5. The van der Waals surface area contributed by atoms with Gasteiger partial charge in [0.15, 0.2) is 0 Å². The molecule has 1 aliphatic carbocycles. The van der Waals surface area contributed by atoms with E-state index >= 15 is 0 Å². The highest BCUT2D eigenvalue weighted by Crippen LogP contribution is 2.31. The van der Waals surface area contributed by atoms with Crippen LogP contribution in [-0.2, 0) is 6.42 Å². The Bertz CT molecular complexity index is 275. The molecule has 0 radical (unpaired) electrons. The number of pyridine rings is 1. The fraction of sp³-hybridized carbons (Fsp3) is 0.643. The molecule has 1 aromatic rings. The molecule has 0 aromatic carbocycles. The average molecular weight is 203 g/mol. The predicted molar refractivity (Wildman–Crippen MR) is 63.7 cm³/mol. The van der Waals surface area contributed by atoms with E-state index in [1.165, 1.54) is 44.1 Å². The van der Waals surface area contributed by atoms with E-state index in [2.05, 4.69) is 24.0 Å². The van der Waals surface area contributed by atoms with Crippen molar-refractivity contribution in [3.05, 3.63) is 30.1 Å². The van der Waals surface area contributed by atoms with Crippen molar-refractivity contribution >= 4 is 0 Å². The van der Waals surface area contributed by atoms with Gasteiger partial charge in [0, 0.05) is 12.4 Å². The standard InChI is InChI=1S/C14H21N/c1-12(14-5-3-2-4-6-14)11-13-7-9-15-10-8-13/h7-10,12,14H,2-6,11H2,1H3. The van der Waals surface area contributed by atoms with Gasteiger partial charge >= 0.3 is 0 Å². The molecule has 1 saturated carbocycles. The van der Waals surface area contributed by atoms with Crippen molar-refractivity contribution in [1.82, 2.24) is 4.98 Å². The lowest BCUT2D eigenvalue weighted by Gasteiger charge is -2.27. The summed E-state index contributed by atoms with van der Waals surface area (Å²) in [5.41, 5.74) is 1.45. The van der Waals surface area contributed by atoms with Gasteiger partial charge < -0.3 is 0 Å². The van der Waals surface area contributed by atoms with Crippen LogP contribution in [0.1, 0.15) is 44.6 Å². The molecule has 1 aromatic heterocycles. The highest BCUT2D eigenvalue weighted by atomic mass is 14.6. The van der Waals surface area contributed by atoms with E-state index in [4.69, 9.17) is 0 Å². The highest BCUT2D eigenvalue weighted by molar-refractivity contribution is 5.10. The van der Waals surface area contributed by atoms with Gasteiger partial charge in [0.05, 0.1) is 0 Å². The molecule has 82 valence electrons. The molecule has 2 rings (SSSR count). The molecule has 0 bridgehead atoms. The van der Waals surface area contributed by atoms with Crippen LogP contribution in [0.5, 0.6) is 0 Å².